The monoisotopic (exact) mass is 230 g/mol. The van der Waals surface area contributed by atoms with Crippen LogP contribution in [0, 0.1) is 0 Å². The number of thioether (sulfide) groups is 1. The standard InChI is InChI=1S/C10H14O4S/c1-3-13-9(11)5-7-15-8-6-10(12)14-4-2/h5-8H,3-4H2,1-2H3/b7-5+,8-6+. The summed E-state index contributed by atoms with van der Waals surface area (Å²) in [4.78, 5) is 21.6. The largest absolute Gasteiger partial charge is 0.463 e. The minimum Gasteiger partial charge on any atom is -0.463 e. The van der Waals surface area contributed by atoms with Crippen LogP contribution in [0.25, 0.3) is 0 Å². The molecule has 0 radical (unpaired) electrons. The number of carbonyl (C=O) groups is 2. The van der Waals surface area contributed by atoms with E-state index in [1.165, 1.54) is 34.7 Å². The van der Waals surface area contributed by atoms with Crippen LogP contribution in [0.4, 0.5) is 0 Å². The van der Waals surface area contributed by atoms with E-state index in [-0.39, 0.29) is 0 Å². The molecule has 0 aliphatic heterocycles. The SMILES string of the molecule is CCOC(=O)/C=C/S/C=C/C(=O)OCC. The fourth-order valence-electron chi connectivity index (χ4n) is 0.616. The first-order valence-electron chi connectivity index (χ1n) is 4.52. The molecule has 0 heterocycles. The molecule has 0 aromatic carbocycles. The molecule has 0 aromatic heterocycles. The molecule has 0 saturated heterocycles. The summed E-state index contributed by atoms with van der Waals surface area (Å²) < 4.78 is 9.31. The van der Waals surface area contributed by atoms with Crippen LogP contribution in [0.3, 0.4) is 0 Å². The highest BCUT2D eigenvalue weighted by atomic mass is 32.2. The van der Waals surface area contributed by atoms with Crippen molar-refractivity contribution in [1.82, 2.24) is 0 Å². The second-order valence-corrected chi connectivity index (χ2v) is 3.06. The Hall–Kier alpha value is -1.23. The third kappa shape index (κ3) is 9.08. The van der Waals surface area contributed by atoms with Crippen LogP contribution in [0.5, 0.6) is 0 Å². The van der Waals surface area contributed by atoms with Gasteiger partial charge in [-0.1, -0.05) is 0 Å². The van der Waals surface area contributed by atoms with E-state index in [2.05, 4.69) is 9.47 Å². The lowest BCUT2D eigenvalue weighted by Gasteiger charge is -1.94. The maximum atomic E-state index is 10.8. The van der Waals surface area contributed by atoms with Gasteiger partial charge >= 0.3 is 11.9 Å². The van der Waals surface area contributed by atoms with Crippen molar-refractivity contribution in [3.05, 3.63) is 23.0 Å². The molecule has 15 heavy (non-hydrogen) atoms. The zero-order chi connectivity index (χ0) is 11.5. The molecule has 5 heteroatoms. The van der Waals surface area contributed by atoms with Gasteiger partial charge in [-0.3, -0.25) is 0 Å². The highest BCUT2D eigenvalue weighted by molar-refractivity contribution is 8.04. The molecule has 4 nitrogen and oxygen atoms in total. The smallest absolute Gasteiger partial charge is 0.331 e. The molecular weight excluding hydrogens is 216 g/mol. The minimum absolute atomic E-state index is 0.354. The van der Waals surface area contributed by atoms with E-state index in [0.29, 0.717) is 13.2 Å². The Bertz CT molecular complexity index is 232. The van der Waals surface area contributed by atoms with Gasteiger partial charge in [0.2, 0.25) is 0 Å². The van der Waals surface area contributed by atoms with Crippen LogP contribution in [0.2, 0.25) is 0 Å². The summed E-state index contributed by atoms with van der Waals surface area (Å²) in [6, 6.07) is 0. The van der Waals surface area contributed by atoms with Crippen molar-refractivity contribution < 1.29 is 19.1 Å². The molecular formula is C10H14O4S. The molecule has 0 amide bonds. The summed E-state index contributed by atoms with van der Waals surface area (Å²) in [6.07, 6.45) is 2.59. The Kier molecular flexibility index (Phi) is 8.56. The van der Waals surface area contributed by atoms with Crippen LogP contribution >= 0.6 is 11.8 Å². The number of rotatable bonds is 6. The normalized spacial score (nSPS) is 10.8. The summed E-state index contributed by atoms with van der Waals surface area (Å²) >= 11 is 1.20. The number of esters is 2. The lowest BCUT2D eigenvalue weighted by atomic mass is 10.6. The van der Waals surface area contributed by atoms with Gasteiger partial charge in [0.25, 0.3) is 0 Å². The first-order valence-corrected chi connectivity index (χ1v) is 5.47. The fraction of sp³-hybridized carbons (Fsp3) is 0.400. The molecule has 0 N–H and O–H groups in total. The van der Waals surface area contributed by atoms with Gasteiger partial charge in [0.15, 0.2) is 0 Å². The average Bonchev–Trinajstić information content (AvgIpc) is 2.18. The number of carbonyl (C=O) groups excluding carboxylic acids is 2. The molecule has 0 fully saturated rings. The van der Waals surface area contributed by atoms with E-state index < -0.39 is 11.9 Å². The van der Waals surface area contributed by atoms with Gasteiger partial charge in [0, 0.05) is 12.2 Å². The van der Waals surface area contributed by atoms with Crippen molar-refractivity contribution in [2.24, 2.45) is 0 Å². The maximum absolute atomic E-state index is 10.8. The number of ether oxygens (including phenoxy) is 2. The zero-order valence-electron chi connectivity index (χ0n) is 8.76. The molecule has 0 rings (SSSR count). The molecule has 0 atom stereocenters. The van der Waals surface area contributed by atoms with Crippen LogP contribution in [0.15, 0.2) is 23.0 Å². The van der Waals surface area contributed by atoms with E-state index in [1.807, 2.05) is 0 Å². The topological polar surface area (TPSA) is 52.6 Å². The van der Waals surface area contributed by atoms with Crippen molar-refractivity contribution >= 4 is 23.7 Å². The van der Waals surface area contributed by atoms with Crippen LogP contribution < -0.4 is 0 Å². The molecule has 84 valence electrons. The summed E-state index contributed by atoms with van der Waals surface area (Å²) in [5, 5.41) is 3.07. The summed E-state index contributed by atoms with van der Waals surface area (Å²) in [7, 11) is 0. The first-order chi connectivity index (χ1) is 7.20. The Morgan fingerprint density at radius 2 is 1.40 bits per heavy atom. The van der Waals surface area contributed by atoms with E-state index in [4.69, 9.17) is 0 Å². The van der Waals surface area contributed by atoms with Crippen LogP contribution in [-0.4, -0.2) is 25.2 Å². The van der Waals surface area contributed by atoms with Crippen LogP contribution in [0.1, 0.15) is 13.8 Å². The third-order valence-corrected chi connectivity index (χ3v) is 1.73. The molecule has 0 bridgehead atoms. The fourth-order valence-corrected chi connectivity index (χ4v) is 1.09. The van der Waals surface area contributed by atoms with Crippen molar-refractivity contribution in [2.75, 3.05) is 13.2 Å². The van der Waals surface area contributed by atoms with Gasteiger partial charge in [-0.15, -0.1) is 11.8 Å². The Morgan fingerprint density at radius 3 is 1.73 bits per heavy atom. The van der Waals surface area contributed by atoms with Crippen LogP contribution in [-0.2, 0) is 19.1 Å². The zero-order valence-corrected chi connectivity index (χ0v) is 9.58. The molecule has 0 unspecified atom stereocenters. The van der Waals surface area contributed by atoms with Gasteiger partial charge in [-0.25, -0.2) is 9.59 Å². The van der Waals surface area contributed by atoms with Gasteiger partial charge in [0.05, 0.1) is 13.2 Å². The van der Waals surface area contributed by atoms with Crippen molar-refractivity contribution in [3.8, 4) is 0 Å². The van der Waals surface area contributed by atoms with Gasteiger partial charge in [-0.2, -0.15) is 0 Å². The lowest BCUT2D eigenvalue weighted by Crippen LogP contribution is -1.98. The van der Waals surface area contributed by atoms with E-state index >= 15 is 0 Å². The maximum Gasteiger partial charge on any atom is 0.331 e. The summed E-state index contributed by atoms with van der Waals surface area (Å²) in [6.45, 7) is 4.18. The minimum atomic E-state index is -0.394. The Labute approximate surface area is 93.3 Å². The molecule has 0 aromatic rings. The predicted molar refractivity (Wildman–Crippen MR) is 59.1 cm³/mol. The van der Waals surface area contributed by atoms with Gasteiger partial charge in [-0.05, 0) is 24.7 Å². The van der Waals surface area contributed by atoms with Crippen molar-refractivity contribution in [3.63, 3.8) is 0 Å². The van der Waals surface area contributed by atoms with Gasteiger partial charge < -0.3 is 9.47 Å². The molecule has 0 aliphatic carbocycles. The highest BCUT2D eigenvalue weighted by Gasteiger charge is 1.93. The third-order valence-electron chi connectivity index (χ3n) is 1.14. The summed E-state index contributed by atoms with van der Waals surface area (Å²) in [5.74, 6) is -0.788. The quantitative estimate of drug-likeness (QED) is 0.515. The number of hydrogen-bond donors (Lipinski definition) is 0. The number of hydrogen-bond acceptors (Lipinski definition) is 5. The van der Waals surface area contributed by atoms with E-state index in [0.717, 1.165) is 0 Å². The average molecular weight is 230 g/mol. The molecule has 0 saturated carbocycles. The predicted octanol–water partition coefficient (Wildman–Crippen LogP) is 1.87. The Balaban J connectivity index is 3.68. The van der Waals surface area contributed by atoms with Crippen molar-refractivity contribution in [2.45, 2.75) is 13.8 Å². The molecule has 0 spiro atoms. The van der Waals surface area contributed by atoms with Crippen molar-refractivity contribution in [1.29, 1.82) is 0 Å². The first kappa shape index (κ1) is 13.8. The lowest BCUT2D eigenvalue weighted by molar-refractivity contribution is -0.138. The van der Waals surface area contributed by atoms with E-state index in [9.17, 15) is 9.59 Å². The Morgan fingerprint density at radius 1 is 1.00 bits per heavy atom. The second-order valence-electron chi connectivity index (χ2n) is 2.25. The summed E-state index contributed by atoms with van der Waals surface area (Å²) in [5.41, 5.74) is 0. The second kappa shape index (κ2) is 9.33. The van der Waals surface area contributed by atoms with Gasteiger partial charge in [0.1, 0.15) is 0 Å². The molecule has 0 aliphatic rings. The highest BCUT2D eigenvalue weighted by Crippen LogP contribution is 2.04. The van der Waals surface area contributed by atoms with E-state index in [1.54, 1.807) is 13.8 Å².